The van der Waals surface area contributed by atoms with Crippen molar-refractivity contribution < 1.29 is 24.5 Å². The molecule has 2 heterocycles. The lowest BCUT2D eigenvalue weighted by Crippen LogP contribution is -2.60. The highest BCUT2D eigenvalue weighted by Gasteiger charge is 2.49. The van der Waals surface area contributed by atoms with Crippen molar-refractivity contribution in [2.75, 3.05) is 6.61 Å². The molecule has 6 heteroatoms. The Hall–Kier alpha value is -0.690. The molecule has 0 saturated carbocycles. The SMILES string of the molecule is CC(=O)NC1C(O)C2COC(O2)C1O. The summed E-state index contributed by atoms with van der Waals surface area (Å²) in [5, 5.41) is 21.8. The number of rotatable bonds is 1. The molecule has 6 nitrogen and oxygen atoms in total. The Balaban J connectivity index is 2.10. The zero-order valence-electron chi connectivity index (χ0n) is 7.71. The molecule has 0 radical (unpaired) electrons. The monoisotopic (exact) mass is 203 g/mol. The molecule has 5 unspecified atom stereocenters. The van der Waals surface area contributed by atoms with Gasteiger partial charge in [-0.1, -0.05) is 0 Å². The number of hydrogen-bond acceptors (Lipinski definition) is 5. The van der Waals surface area contributed by atoms with Crippen molar-refractivity contribution in [2.24, 2.45) is 0 Å². The van der Waals surface area contributed by atoms with E-state index in [-0.39, 0.29) is 12.5 Å². The number of fused-ring (bicyclic) bond motifs is 2. The van der Waals surface area contributed by atoms with Gasteiger partial charge in [-0.2, -0.15) is 0 Å². The van der Waals surface area contributed by atoms with Gasteiger partial charge in [0.15, 0.2) is 6.29 Å². The van der Waals surface area contributed by atoms with Crippen molar-refractivity contribution in [1.29, 1.82) is 0 Å². The van der Waals surface area contributed by atoms with Crippen molar-refractivity contribution in [3.05, 3.63) is 0 Å². The number of nitrogens with one attached hydrogen (secondary N) is 1. The van der Waals surface area contributed by atoms with Crippen LogP contribution in [0.4, 0.5) is 0 Å². The van der Waals surface area contributed by atoms with E-state index in [2.05, 4.69) is 5.32 Å². The van der Waals surface area contributed by atoms with Crippen LogP contribution in [0.1, 0.15) is 6.92 Å². The van der Waals surface area contributed by atoms with Crippen LogP contribution in [-0.2, 0) is 14.3 Å². The van der Waals surface area contributed by atoms with Crippen LogP contribution in [0, 0.1) is 0 Å². The molecule has 0 aromatic heterocycles. The lowest BCUT2D eigenvalue weighted by molar-refractivity contribution is -0.195. The minimum Gasteiger partial charge on any atom is -0.388 e. The van der Waals surface area contributed by atoms with E-state index < -0.39 is 30.6 Å². The maximum atomic E-state index is 10.8. The van der Waals surface area contributed by atoms with Gasteiger partial charge in [0.2, 0.25) is 5.91 Å². The number of aliphatic hydroxyl groups excluding tert-OH is 2. The summed E-state index contributed by atoms with van der Waals surface area (Å²) in [6.07, 6.45) is -3.14. The molecular weight excluding hydrogens is 190 g/mol. The van der Waals surface area contributed by atoms with Crippen LogP contribution in [0.5, 0.6) is 0 Å². The first-order valence-corrected chi connectivity index (χ1v) is 4.50. The first kappa shape index (κ1) is 9.85. The fourth-order valence-electron chi connectivity index (χ4n) is 1.81. The highest BCUT2D eigenvalue weighted by molar-refractivity contribution is 5.73. The predicted octanol–water partition coefficient (Wildman–Crippen LogP) is -2.03. The molecular formula is C8H13NO5. The van der Waals surface area contributed by atoms with Crippen LogP contribution in [0.3, 0.4) is 0 Å². The molecule has 2 saturated heterocycles. The quantitative estimate of drug-likeness (QED) is 0.457. The summed E-state index contributed by atoms with van der Waals surface area (Å²) < 4.78 is 10.2. The second-order valence-electron chi connectivity index (χ2n) is 3.58. The van der Waals surface area contributed by atoms with E-state index in [1.54, 1.807) is 0 Å². The summed E-state index contributed by atoms with van der Waals surface area (Å²) >= 11 is 0. The summed E-state index contributed by atoms with van der Waals surface area (Å²) in [7, 11) is 0. The topological polar surface area (TPSA) is 88.0 Å². The van der Waals surface area contributed by atoms with E-state index in [1.165, 1.54) is 6.92 Å². The summed E-state index contributed by atoms with van der Waals surface area (Å²) in [6, 6.07) is -0.709. The Morgan fingerprint density at radius 3 is 2.79 bits per heavy atom. The third-order valence-corrected chi connectivity index (χ3v) is 2.50. The van der Waals surface area contributed by atoms with Crippen molar-refractivity contribution in [2.45, 2.75) is 37.6 Å². The minimum atomic E-state index is -1.02. The number of hydrogen-bond donors (Lipinski definition) is 3. The predicted molar refractivity (Wildman–Crippen MR) is 44.2 cm³/mol. The minimum absolute atomic E-state index is 0.249. The highest BCUT2D eigenvalue weighted by Crippen LogP contribution is 2.27. The van der Waals surface area contributed by atoms with E-state index >= 15 is 0 Å². The molecule has 80 valence electrons. The normalized spacial score (nSPS) is 46.4. The smallest absolute Gasteiger partial charge is 0.217 e. The fraction of sp³-hybridized carbons (Fsp3) is 0.875. The van der Waals surface area contributed by atoms with Crippen molar-refractivity contribution in [3.8, 4) is 0 Å². The number of aliphatic hydroxyl groups is 2. The van der Waals surface area contributed by atoms with Crippen LogP contribution in [0.15, 0.2) is 0 Å². The van der Waals surface area contributed by atoms with Crippen molar-refractivity contribution >= 4 is 5.91 Å². The van der Waals surface area contributed by atoms with Crippen LogP contribution < -0.4 is 5.32 Å². The van der Waals surface area contributed by atoms with Gasteiger partial charge in [-0.25, -0.2) is 0 Å². The Morgan fingerprint density at radius 2 is 2.14 bits per heavy atom. The van der Waals surface area contributed by atoms with Crippen LogP contribution in [0.2, 0.25) is 0 Å². The first-order chi connectivity index (χ1) is 6.59. The molecule has 0 aromatic rings. The van der Waals surface area contributed by atoms with Gasteiger partial charge in [0, 0.05) is 6.92 Å². The van der Waals surface area contributed by atoms with Crippen LogP contribution >= 0.6 is 0 Å². The lowest BCUT2D eigenvalue weighted by Gasteiger charge is -2.35. The van der Waals surface area contributed by atoms with Crippen LogP contribution in [-0.4, -0.2) is 53.4 Å². The third kappa shape index (κ3) is 1.50. The molecule has 5 atom stereocenters. The number of carbonyl (C=O) groups is 1. The maximum Gasteiger partial charge on any atom is 0.217 e. The van der Waals surface area contributed by atoms with Gasteiger partial charge >= 0.3 is 0 Å². The Kier molecular flexibility index (Phi) is 2.44. The lowest BCUT2D eigenvalue weighted by atomic mass is 9.98. The van der Waals surface area contributed by atoms with Gasteiger partial charge < -0.3 is 25.0 Å². The standard InChI is InChI=1S/C8H13NO5/c1-3(10)9-5-6(11)4-2-13-8(14-4)7(5)12/h4-8,11-12H,2H2,1H3,(H,9,10). The number of carbonyl (C=O) groups excluding carboxylic acids is 1. The highest BCUT2D eigenvalue weighted by atomic mass is 16.7. The maximum absolute atomic E-state index is 10.8. The zero-order chi connectivity index (χ0) is 10.3. The second-order valence-corrected chi connectivity index (χ2v) is 3.58. The molecule has 2 rings (SSSR count). The molecule has 14 heavy (non-hydrogen) atoms. The Morgan fingerprint density at radius 1 is 1.43 bits per heavy atom. The van der Waals surface area contributed by atoms with E-state index in [9.17, 15) is 15.0 Å². The van der Waals surface area contributed by atoms with Gasteiger partial charge in [-0.3, -0.25) is 4.79 Å². The van der Waals surface area contributed by atoms with E-state index in [1.807, 2.05) is 0 Å². The Bertz CT molecular complexity index is 230. The molecule has 2 aliphatic rings. The average molecular weight is 203 g/mol. The summed E-state index contributed by atoms with van der Waals surface area (Å²) in [5.41, 5.74) is 0. The number of ether oxygens (including phenoxy) is 2. The van der Waals surface area contributed by atoms with Crippen molar-refractivity contribution in [3.63, 3.8) is 0 Å². The van der Waals surface area contributed by atoms with Gasteiger partial charge in [0.05, 0.1) is 12.6 Å². The third-order valence-electron chi connectivity index (χ3n) is 2.50. The van der Waals surface area contributed by atoms with E-state index in [0.717, 1.165) is 0 Å². The van der Waals surface area contributed by atoms with Gasteiger partial charge in [0.25, 0.3) is 0 Å². The molecule has 0 aromatic carbocycles. The summed E-state index contributed by atoms with van der Waals surface area (Å²) in [6.45, 7) is 1.58. The van der Waals surface area contributed by atoms with Gasteiger partial charge in [0.1, 0.15) is 18.3 Å². The molecule has 2 bridgehead atoms. The second kappa shape index (κ2) is 3.47. The fourth-order valence-corrected chi connectivity index (χ4v) is 1.81. The van der Waals surface area contributed by atoms with Gasteiger partial charge in [-0.15, -0.1) is 0 Å². The van der Waals surface area contributed by atoms with E-state index in [0.29, 0.717) is 0 Å². The van der Waals surface area contributed by atoms with Gasteiger partial charge in [-0.05, 0) is 0 Å². The molecule has 2 aliphatic heterocycles. The molecule has 0 spiro atoms. The van der Waals surface area contributed by atoms with Crippen molar-refractivity contribution in [1.82, 2.24) is 5.32 Å². The zero-order valence-corrected chi connectivity index (χ0v) is 7.71. The first-order valence-electron chi connectivity index (χ1n) is 4.50. The molecule has 0 aliphatic carbocycles. The Labute approximate surface area is 80.8 Å². The number of amides is 1. The molecule has 2 fully saturated rings. The molecule has 3 N–H and O–H groups in total. The van der Waals surface area contributed by atoms with Crippen LogP contribution in [0.25, 0.3) is 0 Å². The largest absolute Gasteiger partial charge is 0.388 e. The average Bonchev–Trinajstić information content (AvgIpc) is 2.55. The summed E-state index contributed by atoms with van der Waals surface area (Å²) in [5.74, 6) is -0.297. The molecule has 1 amide bonds. The van der Waals surface area contributed by atoms with E-state index in [4.69, 9.17) is 9.47 Å². The summed E-state index contributed by atoms with van der Waals surface area (Å²) in [4.78, 5) is 10.8.